The normalized spacial score (nSPS) is 28.0. The first kappa shape index (κ1) is 18.5. The zero-order valence-electron chi connectivity index (χ0n) is 17.1. The van der Waals surface area contributed by atoms with Gasteiger partial charge in [0, 0.05) is 30.4 Å². The molecule has 0 N–H and O–H groups in total. The minimum Gasteiger partial charge on any atom is -0.339 e. The van der Waals surface area contributed by atoms with Gasteiger partial charge in [0.2, 0.25) is 5.91 Å². The number of nitrogens with zero attached hydrogens (tertiary/aromatic N) is 3. The van der Waals surface area contributed by atoms with Crippen molar-refractivity contribution in [2.45, 2.75) is 86.7 Å². The maximum Gasteiger partial charge on any atom is 0.227 e. The molecule has 2 heterocycles. The molecule has 0 aromatic carbocycles. The fourth-order valence-corrected chi connectivity index (χ4v) is 5.52. The lowest BCUT2D eigenvalue weighted by Crippen LogP contribution is -2.38. The highest BCUT2D eigenvalue weighted by molar-refractivity contribution is 5.80. The summed E-state index contributed by atoms with van der Waals surface area (Å²) < 4.78 is 2.08. The van der Waals surface area contributed by atoms with Crippen LogP contribution in [-0.2, 0) is 17.8 Å². The summed E-state index contributed by atoms with van der Waals surface area (Å²) in [5.74, 6) is 0.850. The van der Waals surface area contributed by atoms with Gasteiger partial charge in [-0.1, -0.05) is 34.6 Å². The van der Waals surface area contributed by atoms with Crippen LogP contribution in [0.3, 0.4) is 0 Å². The number of hydrogen-bond donors (Lipinski definition) is 0. The molecule has 2 fully saturated rings. The number of rotatable bonds is 4. The molecular weight excluding hydrogens is 310 g/mol. The van der Waals surface area contributed by atoms with Gasteiger partial charge in [0.15, 0.2) is 0 Å². The summed E-state index contributed by atoms with van der Waals surface area (Å²) in [6.07, 6.45) is 4.04. The molecule has 4 heteroatoms. The van der Waals surface area contributed by atoms with Crippen molar-refractivity contribution in [2.24, 2.45) is 16.7 Å². The molecule has 2 bridgehead atoms. The molecule has 1 aromatic heterocycles. The van der Waals surface area contributed by atoms with Gasteiger partial charge in [-0.2, -0.15) is 5.10 Å². The lowest BCUT2D eigenvalue weighted by Gasteiger charge is -2.39. The van der Waals surface area contributed by atoms with Gasteiger partial charge in [-0.15, -0.1) is 0 Å². The van der Waals surface area contributed by atoms with Gasteiger partial charge in [0.05, 0.1) is 12.1 Å². The monoisotopic (exact) mass is 345 g/mol. The number of aromatic nitrogens is 2. The topological polar surface area (TPSA) is 38.1 Å². The van der Waals surface area contributed by atoms with Crippen LogP contribution in [-0.4, -0.2) is 33.2 Å². The van der Waals surface area contributed by atoms with Crippen LogP contribution in [0.4, 0.5) is 0 Å². The van der Waals surface area contributed by atoms with Crippen LogP contribution in [0.1, 0.15) is 70.8 Å². The minimum absolute atomic E-state index is 0.293. The van der Waals surface area contributed by atoms with E-state index in [1.165, 1.54) is 12.8 Å². The number of fused-ring (bicyclic) bond motifs is 2. The predicted octanol–water partition coefficient (Wildman–Crippen LogP) is 4.13. The average molecular weight is 346 g/mol. The highest BCUT2D eigenvalue weighted by Crippen LogP contribution is 2.52. The molecule has 2 unspecified atom stereocenters. The maximum atomic E-state index is 13.1. The number of carbonyl (C=O) groups excluding carboxylic acids is 1. The standard InChI is InChI=1S/C21H35N3O/c1-14(2)11-24-16(4)18(15(3)22-24)8-19(25)23-13-21(7)10-17(23)9-20(5,6)12-21/h14,17H,8-13H2,1-7H3. The van der Waals surface area contributed by atoms with E-state index in [1.807, 2.05) is 6.92 Å². The number of aryl methyl sites for hydroxylation is 1. The summed E-state index contributed by atoms with van der Waals surface area (Å²) in [5, 5.41) is 4.68. The lowest BCUT2D eigenvalue weighted by atomic mass is 9.65. The van der Waals surface area contributed by atoms with Gasteiger partial charge >= 0.3 is 0 Å². The van der Waals surface area contributed by atoms with E-state index in [0.717, 1.165) is 36.5 Å². The van der Waals surface area contributed by atoms with Crippen molar-refractivity contribution in [3.8, 4) is 0 Å². The highest BCUT2D eigenvalue weighted by Gasteiger charge is 2.50. The SMILES string of the molecule is Cc1nn(CC(C)C)c(C)c1CC(=O)N1CC2(C)CC1CC(C)(C)C2. The van der Waals surface area contributed by atoms with Crippen LogP contribution >= 0.6 is 0 Å². The first-order chi connectivity index (χ1) is 11.5. The second-order valence-corrected chi connectivity index (χ2v) is 10.1. The van der Waals surface area contributed by atoms with E-state index < -0.39 is 0 Å². The third-order valence-electron chi connectivity index (χ3n) is 6.13. The van der Waals surface area contributed by atoms with Gasteiger partial charge in [0.25, 0.3) is 0 Å². The molecule has 25 heavy (non-hydrogen) atoms. The molecule has 140 valence electrons. The zero-order valence-corrected chi connectivity index (χ0v) is 17.1. The first-order valence-electron chi connectivity index (χ1n) is 9.82. The van der Waals surface area contributed by atoms with Gasteiger partial charge in [-0.25, -0.2) is 0 Å². The van der Waals surface area contributed by atoms with Crippen molar-refractivity contribution in [1.29, 1.82) is 0 Å². The van der Waals surface area contributed by atoms with Crippen molar-refractivity contribution >= 4 is 5.91 Å². The predicted molar refractivity (Wildman–Crippen MR) is 101 cm³/mol. The Morgan fingerprint density at radius 1 is 1.24 bits per heavy atom. The van der Waals surface area contributed by atoms with Gasteiger partial charge in [-0.3, -0.25) is 9.48 Å². The van der Waals surface area contributed by atoms with Gasteiger partial charge in [0.1, 0.15) is 0 Å². The van der Waals surface area contributed by atoms with Crippen LogP contribution in [0.2, 0.25) is 0 Å². The average Bonchev–Trinajstić information content (AvgIpc) is 2.84. The Kier molecular flexibility index (Phi) is 4.53. The number of hydrogen-bond acceptors (Lipinski definition) is 2. The molecule has 1 aliphatic carbocycles. The van der Waals surface area contributed by atoms with Crippen molar-refractivity contribution in [1.82, 2.24) is 14.7 Å². The molecule has 2 atom stereocenters. The number of likely N-dealkylation sites (tertiary alicyclic amines) is 1. The van der Waals surface area contributed by atoms with Crippen molar-refractivity contribution < 1.29 is 4.79 Å². The molecule has 0 spiro atoms. The first-order valence-corrected chi connectivity index (χ1v) is 9.82. The zero-order chi connectivity index (χ0) is 18.6. The van der Waals surface area contributed by atoms with Gasteiger partial charge < -0.3 is 4.90 Å². The van der Waals surface area contributed by atoms with Crippen LogP contribution < -0.4 is 0 Å². The Morgan fingerprint density at radius 2 is 1.92 bits per heavy atom. The molecule has 1 saturated heterocycles. The molecule has 2 aliphatic rings. The van der Waals surface area contributed by atoms with E-state index in [1.54, 1.807) is 0 Å². The molecule has 1 saturated carbocycles. The summed E-state index contributed by atoms with van der Waals surface area (Å²) in [6, 6.07) is 0.424. The molecular formula is C21H35N3O. The minimum atomic E-state index is 0.293. The van der Waals surface area contributed by atoms with E-state index >= 15 is 0 Å². The Labute approximate surface area is 153 Å². The second kappa shape index (κ2) is 6.14. The Bertz CT molecular complexity index is 673. The molecule has 0 radical (unpaired) electrons. The molecule has 1 aromatic rings. The molecule has 1 amide bonds. The summed E-state index contributed by atoms with van der Waals surface area (Å²) in [5.41, 5.74) is 3.96. The summed E-state index contributed by atoms with van der Waals surface area (Å²) in [4.78, 5) is 15.3. The molecule has 4 nitrogen and oxygen atoms in total. The second-order valence-electron chi connectivity index (χ2n) is 10.1. The van der Waals surface area contributed by atoms with Crippen LogP contribution in [0, 0.1) is 30.6 Å². The number of carbonyl (C=O) groups is 1. The lowest BCUT2D eigenvalue weighted by molar-refractivity contribution is -0.131. The third kappa shape index (κ3) is 3.63. The fraction of sp³-hybridized carbons (Fsp3) is 0.810. The summed E-state index contributed by atoms with van der Waals surface area (Å²) >= 11 is 0. The van der Waals surface area contributed by atoms with E-state index in [2.05, 4.69) is 56.2 Å². The van der Waals surface area contributed by atoms with Crippen molar-refractivity contribution in [3.05, 3.63) is 17.0 Å². The highest BCUT2D eigenvalue weighted by atomic mass is 16.2. The van der Waals surface area contributed by atoms with E-state index in [-0.39, 0.29) is 0 Å². The largest absolute Gasteiger partial charge is 0.339 e. The Hall–Kier alpha value is -1.32. The molecule has 1 aliphatic heterocycles. The summed E-state index contributed by atoms with van der Waals surface area (Å²) in [7, 11) is 0. The summed E-state index contributed by atoms with van der Waals surface area (Å²) in [6.45, 7) is 17.5. The Morgan fingerprint density at radius 3 is 2.56 bits per heavy atom. The fourth-order valence-electron chi connectivity index (χ4n) is 5.52. The molecule has 3 rings (SSSR count). The maximum absolute atomic E-state index is 13.1. The van der Waals surface area contributed by atoms with E-state index in [4.69, 9.17) is 0 Å². The van der Waals surface area contributed by atoms with Crippen molar-refractivity contribution in [3.63, 3.8) is 0 Å². The Balaban J connectivity index is 1.77. The number of amides is 1. The van der Waals surface area contributed by atoms with Crippen LogP contribution in [0.5, 0.6) is 0 Å². The van der Waals surface area contributed by atoms with E-state index in [0.29, 0.717) is 35.1 Å². The van der Waals surface area contributed by atoms with E-state index in [9.17, 15) is 4.79 Å². The van der Waals surface area contributed by atoms with Crippen molar-refractivity contribution in [2.75, 3.05) is 6.54 Å². The van der Waals surface area contributed by atoms with Crippen LogP contribution in [0.15, 0.2) is 0 Å². The quantitative estimate of drug-likeness (QED) is 0.823. The smallest absolute Gasteiger partial charge is 0.227 e. The van der Waals surface area contributed by atoms with Crippen LogP contribution in [0.25, 0.3) is 0 Å². The third-order valence-corrected chi connectivity index (χ3v) is 6.13. The van der Waals surface area contributed by atoms with Gasteiger partial charge in [-0.05, 0) is 49.9 Å².